The van der Waals surface area contributed by atoms with Crippen molar-refractivity contribution < 1.29 is 9.84 Å². The minimum absolute atomic E-state index is 0. The monoisotopic (exact) mass is 418 g/mol. The van der Waals surface area contributed by atoms with Gasteiger partial charge in [-0.25, -0.2) is 0 Å². The number of tetrazole rings is 1. The van der Waals surface area contributed by atoms with E-state index in [1.807, 2.05) is 36.4 Å². The van der Waals surface area contributed by atoms with Crippen LogP contribution < -0.4 is 4.74 Å². The molecule has 0 bridgehead atoms. The Hall–Kier alpha value is -1.89. The molecule has 1 aromatic heterocycles. The second kappa shape index (κ2) is 11.5. The summed E-state index contributed by atoms with van der Waals surface area (Å²) in [6.07, 6.45) is 4.93. The van der Waals surface area contributed by atoms with E-state index < -0.39 is 0 Å². The number of aryl methyl sites for hydroxylation is 1. The van der Waals surface area contributed by atoms with Crippen LogP contribution >= 0.6 is 0 Å². The van der Waals surface area contributed by atoms with Crippen LogP contribution in [-0.4, -0.2) is 61.9 Å². The number of aromatic hydroxyl groups is 1. The van der Waals surface area contributed by atoms with Gasteiger partial charge >= 0.3 is 29.6 Å². The van der Waals surface area contributed by atoms with E-state index in [1.165, 1.54) is 0 Å². The number of hydrogen-bond acceptors (Lipinski definition) is 5. The fourth-order valence-electron chi connectivity index (χ4n) is 3.55. The van der Waals surface area contributed by atoms with Gasteiger partial charge in [0.1, 0.15) is 11.5 Å². The number of nitrogens with one attached hydrogen (secondary N) is 1. The Morgan fingerprint density at radius 3 is 2.50 bits per heavy atom. The first-order valence-electron chi connectivity index (χ1n) is 10.3. The van der Waals surface area contributed by atoms with Crippen molar-refractivity contribution in [1.82, 2.24) is 20.6 Å². The van der Waals surface area contributed by atoms with Gasteiger partial charge in [-0.3, -0.25) is 0 Å². The van der Waals surface area contributed by atoms with E-state index in [0.29, 0.717) is 6.61 Å². The third-order valence-electron chi connectivity index (χ3n) is 5.28. The first-order chi connectivity index (χ1) is 14.0. The van der Waals surface area contributed by atoms with Crippen molar-refractivity contribution in [1.29, 1.82) is 0 Å². The molecule has 3 rings (SSSR count). The van der Waals surface area contributed by atoms with Crippen LogP contribution in [0.2, 0.25) is 0 Å². The average molecular weight is 419 g/mol. The van der Waals surface area contributed by atoms with Gasteiger partial charge < -0.3 is 9.84 Å². The fraction of sp³-hybridized carbons (Fsp3) is 0.435. The number of nitrogens with zero attached hydrogens (tertiary/aromatic N) is 3. The molecule has 0 unspecified atom stereocenters. The molecule has 7 heteroatoms. The van der Waals surface area contributed by atoms with Crippen molar-refractivity contribution in [2.45, 2.75) is 58.3 Å². The Morgan fingerprint density at radius 2 is 1.83 bits per heavy atom. The van der Waals surface area contributed by atoms with Gasteiger partial charge in [-0.2, -0.15) is 5.21 Å². The van der Waals surface area contributed by atoms with Crippen LogP contribution in [0.5, 0.6) is 11.5 Å². The fourth-order valence-corrected chi connectivity index (χ4v) is 3.55. The zero-order valence-corrected chi connectivity index (χ0v) is 17.5. The van der Waals surface area contributed by atoms with Gasteiger partial charge in [-0.1, -0.05) is 69.2 Å². The van der Waals surface area contributed by atoms with Crippen molar-refractivity contribution in [3.05, 3.63) is 53.9 Å². The molecule has 0 radical (unpaired) electrons. The number of H-pyrrole nitrogens is 1. The van der Waals surface area contributed by atoms with Crippen LogP contribution in [0.25, 0.3) is 11.1 Å². The van der Waals surface area contributed by atoms with Gasteiger partial charge in [0.05, 0.1) is 6.61 Å². The third kappa shape index (κ3) is 6.30. The molecule has 0 aliphatic heterocycles. The SMILES string of the molecule is CCc1cc(OCCCCCC(C)(C)c2nn[nH]n2)cc(O)c1-c1ccccc1.[NaH]. The summed E-state index contributed by atoms with van der Waals surface area (Å²) in [4.78, 5) is 0. The number of hydrogen-bond donors (Lipinski definition) is 2. The van der Waals surface area contributed by atoms with Crippen LogP contribution in [0.15, 0.2) is 42.5 Å². The maximum atomic E-state index is 10.6. The maximum absolute atomic E-state index is 10.6. The molecule has 0 aliphatic rings. The Balaban J connectivity index is 0.00000320. The molecule has 0 fully saturated rings. The Morgan fingerprint density at radius 1 is 1.07 bits per heavy atom. The van der Waals surface area contributed by atoms with Gasteiger partial charge in [-0.05, 0) is 36.5 Å². The van der Waals surface area contributed by atoms with Gasteiger partial charge in [0.15, 0.2) is 5.82 Å². The molecular weight excluding hydrogens is 387 g/mol. The number of phenols is 1. The molecule has 156 valence electrons. The predicted octanol–water partition coefficient (Wildman–Crippen LogP) is 4.40. The van der Waals surface area contributed by atoms with Crippen LogP contribution in [-0.2, 0) is 11.8 Å². The number of unbranched alkanes of at least 4 members (excludes halogenated alkanes) is 2. The molecule has 0 atom stereocenters. The van der Waals surface area contributed by atoms with Crippen LogP contribution in [0.1, 0.15) is 57.8 Å². The number of phenolic OH excluding ortho intramolecular Hbond substituents is 1. The number of aromatic amines is 1. The summed E-state index contributed by atoms with van der Waals surface area (Å²) in [5.41, 5.74) is 2.93. The molecule has 0 saturated heterocycles. The van der Waals surface area contributed by atoms with Crippen molar-refractivity contribution in [2.75, 3.05) is 6.61 Å². The molecule has 0 amide bonds. The minimum atomic E-state index is -0.0804. The summed E-state index contributed by atoms with van der Waals surface area (Å²) in [6.45, 7) is 7.00. The molecule has 0 spiro atoms. The number of benzene rings is 2. The van der Waals surface area contributed by atoms with Crippen molar-refractivity contribution in [3.63, 3.8) is 0 Å². The first-order valence-corrected chi connectivity index (χ1v) is 10.3. The third-order valence-corrected chi connectivity index (χ3v) is 5.28. The average Bonchev–Trinajstić information content (AvgIpc) is 3.26. The van der Waals surface area contributed by atoms with E-state index >= 15 is 0 Å². The standard InChI is InChI=1S/C23H30N4O2.Na.H/c1-4-17-15-19(16-20(28)21(17)18-11-7-5-8-12-18)29-14-10-6-9-13-23(2,3)22-24-26-27-25-22;;/h5,7-8,11-12,15-16,28H,4,6,9-10,13-14H2,1-3H3,(H,24,25,26,27);;. The van der Waals surface area contributed by atoms with E-state index in [0.717, 1.165) is 60.4 Å². The topological polar surface area (TPSA) is 83.9 Å². The Labute approximate surface area is 200 Å². The van der Waals surface area contributed by atoms with Crippen molar-refractivity contribution >= 4 is 29.6 Å². The molecule has 1 heterocycles. The zero-order chi connectivity index (χ0) is 20.7. The number of aromatic nitrogens is 4. The second-order valence-electron chi connectivity index (χ2n) is 7.97. The van der Waals surface area contributed by atoms with E-state index in [-0.39, 0.29) is 40.7 Å². The molecule has 0 saturated carbocycles. The van der Waals surface area contributed by atoms with E-state index in [4.69, 9.17) is 4.74 Å². The molecule has 30 heavy (non-hydrogen) atoms. The summed E-state index contributed by atoms with van der Waals surface area (Å²) >= 11 is 0. The van der Waals surface area contributed by atoms with E-state index in [1.54, 1.807) is 6.07 Å². The van der Waals surface area contributed by atoms with Crippen LogP contribution in [0, 0.1) is 0 Å². The number of rotatable bonds is 10. The first kappa shape index (κ1) is 24.4. The zero-order valence-electron chi connectivity index (χ0n) is 17.5. The quantitative estimate of drug-likeness (QED) is 0.377. The molecule has 0 aliphatic carbocycles. The summed E-state index contributed by atoms with van der Waals surface area (Å²) in [7, 11) is 0. The van der Waals surface area contributed by atoms with Gasteiger partial charge in [0.2, 0.25) is 0 Å². The van der Waals surface area contributed by atoms with Crippen LogP contribution in [0.3, 0.4) is 0 Å². The van der Waals surface area contributed by atoms with Crippen molar-refractivity contribution in [2.24, 2.45) is 0 Å². The summed E-state index contributed by atoms with van der Waals surface area (Å²) in [5.74, 6) is 1.76. The van der Waals surface area contributed by atoms with Gasteiger partial charge in [0.25, 0.3) is 0 Å². The normalized spacial score (nSPS) is 11.2. The predicted molar refractivity (Wildman–Crippen MR) is 121 cm³/mol. The van der Waals surface area contributed by atoms with E-state index in [2.05, 4.69) is 41.4 Å². The molecule has 2 aromatic carbocycles. The van der Waals surface area contributed by atoms with E-state index in [9.17, 15) is 5.11 Å². The molecule has 2 N–H and O–H groups in total. The van der Waals surface area contributed by atoms with Gasteiger partial charge in [-0.15, -0.1) is 10.2 Å². The summed E-state index contributed by atoms with van der Waals surface area (Å²) in [6, 6.07) is 13.8. The summed E-state index contributed by atoms with van der Waals surface area (Å²) < 4.78 is 5.92. The number of ether oxygens (including phenoxy) is 1. The van der Waals surface area contributed by atoms with Crippen LogP contribution in [0.4, 0.5) is 0 Å². The second-order valence-corrected chi connectivity index (χ2v) is 7.97. The van der Waals surface area contributed by atoms with Gasteiger partial charge in [0, 0.05) is 17.0 Å². The van der Waals surface area contributed by atoms with Crippen molar-refractivity contribution in [3.8, 4) is 22.6 Å². The molecule has 3 aromatic rings. The molecule has 6 nitrogen and oxygen atoms in total. The molecular formula is C23H31N4NaO2. The Bertz CT molecular complexity index is 899. The summed E-state index contributed by atoms with van der Waals surface area (Å²) in [5, 5.41) is 25.0. The Kier molecular flexibility index (Phi) is 9.34.